The van der Waals surface area contributed by atoms with Crippen molar-refractivity contribution < 1.29 is 14.4 Å². The van der Waals surface area contributed by atoms with Gasteiger partial charge >= 0.3 is 0 Å². The van der Waals surface area contributed by atoms with Gasteiger partial charge in [0.25, 0.3) is 0 Å². The van der Waals surface area contributed by atoms with Gasteiger partial charge in [-0.25, -0.2) is 0 Å². The second-order valence-electron chi connectivity index (χ2n) is 6.53. The molecule has 0 aliphatic heterocycles. The number of benzene rings is 2. The molecule has 3 N–H and O–H groups in total. The summed E-state index contributed by atoms with van der Waals surface area (Å²) in [5.41, 5.74) is 11.2. The third kappa shape index (κ3) is 5.20. The highest BCUT2D eigenvalue weighted by Crippen LogP contribution is 2.26. The van der Waals surface area contributed by atoms with E-state index in [1.807, 2.05) is 26.8 Å². The van der Waals surface area contributed by atoms with Crippen LogP contribution in [0.2, 0.25) is 0 Å². The Morgan fingerprint density at radius 3 is 2.22 bits per heavy atom. The molecule has 0 aliphatic rings. The van der Waals surface area contributed by atoms with Crippen LogP contribution in [0, 0.1) is 20.8 Å². The number of aryl methyl sites for hydroxylation is 2. The number of anilines is 1. The summed E-state index contributed by atoms with van der Waals surface area (Å²) in [6.07, 6.45) is 0. The third-order valence-corrected chi connectivity index (χ3v) is 5.37. The predicted octanol–water partition coefficient (Wildman–Crippen LogP) is 3.79. The number of nitrogens with one attached hydrogen (secondary N) is 1. The van der Waals surface area contributed by atoms with Crippen molar-refractivity contribution in [3.8, 4) is 0 Å². The average molecular weight is 385 g/mol. The van der Waals surface area contributed by atoms with Gasteiger partial charge in [-0.15, -0.1) is 11.8 Å². The van der Waals surface area contributed by atoms with Crippen LogP contribution in [0.15, 0.2) is 30.3 Å². The predicted molar refractivity (Wildman–Crippen MR) is 110 cm³/mol. The molecule has 0 aliphatic carbocycles. The van der Waals surface area contributed by atoms with Crippen LogP contribution in [0.5, 0.6) is 0 Å². The molecule has 0 heterocycles. The quantitative estimate of drug-likeness (QED) is 0.711. The molecule has 2 amide bonds. The standard InChI is InChI=1S/C21H24N2O3S/c1-12-9-13(2)20(15(4)24)14(3)18(12)10-27-11-19(25)23-17-7-5-16(6-8-17)21(22)26/h5-9H,10-11H2,1-4H3,(H2,22,26)(H,23,25). The van der Waals surface area contributed by atoms with E-state index < -0.39 is 5.91 Å². The van der Waals surface area contributed by atoms with Gasteiger partial charge in [-0.1, -0.05) is 6.07 Å². The van der Waals surface area contributed by atoms with E-state index in [2.05, 4.69) is 5.32 Å². The Morgan fingerprint density at radius 2 is 1.67 bits per heavy atom. The van der Waals surface area contributed by atoms with Gasteiger partial charge in [-0.05, 0) is 74.2 Å². The first-order chi connectivity index (χ1) is 12.7. The second kappa shape index (κ2) is 8.86. The van der Waals surface area contributed by atoms with E-state index in [4.69, 9.17) is 5.73 Å². The van der Waals surface area contributed by atoms with E-state index in [9.17, 15) is 14.4 Å². The van der Waals surface area contributed by atoms with E-state index in [0.29, 0.717) is 22.8 Å². The molecule has 27 heavy (non-hydrogen) atoms. The van der Waals surface area contributed by atoms with Gasteiger partial charge in [0.05, 0.1) is 5.75 Å². The van der Waals surface area contributed by atoms with Crippen molar-refractivity contribution in [1.29, 1.82) is 0 Å². The van der Waals surface area contributed by atoms with Crippen molar-refractivity contribution in [3.05, 3.63) is 63.7 Å². The highest BCUT2D eigenvalue weighted by molar-refractivity contribution is 7.99. The summed E-state index contributed by atoms with van der Waals surface area (Å²) in [5, 5.41) is 2.80. The SMILES string of the molecule is CC(=O)c1c(C)cc(C)c(CSCC(=O)Nc2ccc(C(N)=O)cc2)c1C. The average Bonchev–Trinajstić information content (AvgIpc) is 2.57. The lowest BCUT2D eigenvalue weighted by atomic mass is 9.92. The maximum absolute atomic E-state index is 12.1. The number of nitrogens with two attached hydrogens (primary N) is 1. The fourth-order valence-corrected chi connectivity index (χ4v) is 4.16. The summed E-state index contributed by atoms with van der Waals surface area (Å²) in [6.45, 7) is 7.52. The lowest BCUT2D eigenvalue weighted by molar-refractivity contribution is -0.113. The molecule has 2 aromatic carbocycles. The van der Waals surface area contributed by atoms with Crippen LogP contribution in [0.25, 0.3) is 0 Å². The zero-order valence-corrected chi connectivity index (χ0v) is 16.8. The van der Waals surface area contributed by atoms with Crippen molar-refractivity contribution in [2.24, 2.45) is 5.73 Å². The summed E-state index contributed by atoms with van der Waals surface area (Å²) < 4.78 is 0. The molecular weight excluding hydrogens is 360 g/mol. The first-order valence-electron chi connectivity index (χ1n) is 8.58. The van der Waals surface area contributed by atoms with Crippen LogP contribution in [0.4, 0.5) is 5.69 Å². The molecule has 0 saturated heterocycles. The highest BCUT2D eigenvalue weighted by atomic mass is 32.2. The lowest BCUT2D eigenvalue weighted by Gasteiger charge is -2.15. The smallest absolute Gasteiger partial charge is 0.248 e. The van der Waals surface area contributed by atoms with Crippen molar-refractivity contribution in [3.63, 3.8) is 0 Å². The summed E-state index contributed by atoms with van der Waals surface area (Å²) in [4.78, 5) is 35.1. The zero-order chi connectivity index (χ0) is 20.1. The Balaban J connectivity index is 1.98. The Labute approximate surface area is 163 Å². The van der Waals surface area contributed by atoms with E-state index in [1.165, 1.54) is 11.8 Å². The minimum Gasteiger partial charge on any atom is -0.366 e. The van der Waals surface area contributed by atoms with Gasteiger partial charge < -0.3 is 11.1 Å². The molecule has 2 rings (SSSR count). The summed E-state index contributed by atoms with van der Waals surface area (Å²) >= 11 is 1.50. The number of ketones is 1. The van der Waals surface area contributed by atoms with Crippen LogP contribution < -0.4 is 11.1 Å². The molecule has 0 radical (unpaired) electrons. The monoisotopic (exact) mass is 384 g/mol. The molecule has 0 unspecified atom stereocenters. The first kappa shape index (κ1) is 20.7. The van der Waals surface area contributed by atoms with E-state index in [-0.39, 0.29) is 11.7 Å². The van der Waals surface area contributed by atoms with Crippen LogP contribution in [0.3, 0.4) is 0 Å². The molecule has 0 fully saturated rings. The Bertz CT molecular complexity index is 889. The fraction of sp³-hybridized carbons (Fsp3) is 0.286. The van der Waals surface area contributed by atoms with Crippen molar-refractivity contribution in [2.75, 3.05) is 11.1 Å². The Kier molecular flexibility index (Phi) is 6.80. The van der Waals surface area contributed by atoms with Crippen molar-refractivity contribution in [1.82, 2.24) is 0 Å². The maximum Gasteiger partial charge on any atom is 0.248 e. The van der Waals surface area contributed by atoms with E-state index >= 15 is 0 Å². The van der Waals surface area contributed by atoms with Crippen LogP contribution >= 0.6 is 11.8 Å². The number of hydrogen-bond acceptors (Lipinski definition) is 4. The van der Waals surface area contributed by atoms with Crippen LogP contribution in [0.1, 0.15) is 49.9 Å². The number of thioether (sulfide) groups is 1. The third-order valence-electron chi connectivity index (χ3n) is 4.42. The maximum atomic E-state index is 12.1. The molecule has 0 spiro atoms. The van der Waals surface area contributed by atoms with E-state index in [1.54, 1.807) is 31.2 Å². The minimum absolute atomic E-state index is 0.0633. The van der Waals surface area contributed by atoms with Crippen LogP contribution in [-0.4, -0.2) is 23.4 Å². The number of hydrogen-bond donors (Lipinski definition) is 2. The Hall–Kier alpha value is -2.60. The Morgan fingerprint density at radius 1 is 1.04 bits per heavy atom. The van der Waals surface area contributed by atoms with Gasteiger partial charge in [-0.2, -0.15) is 0 Å². The number of carbonyl (C=O) groups excluding carboxylic acids is 3. The fourth-order valence-electron chi connectivity index (χ4n) is 3.15. The second-order valence-corrected chi connectivity index (χ2v) is 7.51. The minimum atomic E-state index is -0.503. The molecule has 2 aromatic rings. The molecule has 5 nitrogen and oxygen atoms in total. The molecule has 0 saturated carbocycles. The molecule has 0 atom stereocenters. The van der Waals surface area contributed by atoms with Crippen molar-refractivity contribution in [2.45, 2.75) is 33.4 Å². The lowest BCUT2D eigenvalue weighted by Crippen LogP contribution is -2.15. The largest absolute Gasteiger partial charge is 0.366 e. The molecule has 6 heteroatoms. The number of Topliss-reactive ketones (excluding diaryl/α,β-unsaturated/α-hetero) is 1. The highest BCUT2D eigenvalue weighted by Gasteiger charge is 2.14. The first-order valence-corrected chi connectivity index (χ1v) is 9.74. The normalized spacial score (nSPS) is 10.5. The number of carbonyl (C=O) groups is 3. The zero-order valence-electron chi connectivity index (χ0n) is 16.0. The van der Waals surface area contributed by atoms with Gasteiger partial charge in [0.1, 0.15) is 0 Å². The molecule has 0 aromatic heterocycles. The van der Waals surface area contributed by atoms with Gasteiger partial charge in [0.2, 0.25) is 11.8 Å². The molecule has 0 bridgehead atoms. The van der Waals surface area contributed by atoms with Crippen LogP contribution in [-0.2, 0) is 10.5 Å². The number of primary amides is 1. The van der Waals surface area contributed by atoms with Gasteiger partial charge in [0, 0.05) is 22.6 Å². The van der Waals surface area contributed by atoms with Crippen molar-refractivity contribution >= 4 is 35.0 Å². The summed E-state index contributed by atoms with van der Waals surface area (Å²) in [6, 6.07) is 8.48. The molecule has 142 valence electrons. The topological polar surface area (TPSA) is 89.3 Å². The van der Waals surface area contributed by atoms with Gasteiger partial charge in [-0.3, -0.25) is 14.4 Å². The number of rotatable bonds is 7. The summed E-state index contributed by atoms with van der Waals surface area (Å²) in [5.74, 6) is 0.387. The number of amides is 2. The summed E-state index contributed by atoms with van der Waals surface area (Å²) in [7, 11) is 0. The van der Waals surface area contributed by atoms with E-state index in [0.717, 1.165) is 27.8 Å². The molecular formula is C21H24N2O3S. The van der Waals surface area contributed by atoms with Gasteiger partial charge in [0.15, 0.2) is 5.78 Å².